The van der Waals surface area contributed by atoms with E-state index in [1.807, 2.05) is 6.07 Å². The number of aromatic nitrogens is 1. The number of halogens is 1. The molecule has 3 aromatic rings. The lowest BCUT2D eigenvalue weighted by molar-refractivity contribution is -0.121. The number of hydrogen-bond donors (Lipinski definition) is 0. The molecule has 1 heterocycles. The monoisotopic (exact) mass is 409 g/mol. The van der Waals surface area contributed by atoms with Crippen molar-refractivity contribution < 1.29 is 18.8 Å². The van der Waals surface area contributed by atoms with Gasteiger partial charge in [-0.1, -0.05) is 53.2 Å². The minimum Gasteiger partial charge on any atom is -0.452 e. The van der Waals surface area contributed by atoms with Crippen molar-refractivity contribution >= 4 is 29.2 Å². The van der Waals surface area contributed by atoms with Crippen molar-refractivity contribution in [2.45, 2.75) is 6.92 Å². The van der Waals surface area contributed by atoms with Crippen molar-refractivity contribution in [3.63, 3.8) is 0 Å². The average molecular weight is 410 g/mol. The van der Waals surface area contributed by atoms with E-state index in [0.29, 0.717) is 16.3 Å². The lowest BCUT2D eigenvalue weighted by Gasteiger charge is -2.19. The van der Waals surface area contributed by atoms with Crippen molar-refractivity contribution in [1.29, 1.82) is 5.26 Å². The summed E-state index contributed by atoms with van der Waals surface area (Å²) in [6, 6.07) is 17.5. The maximum Gasteiger partial charge on any atom is 0.344 e. The normalized spacial score (nSPS) is 10.2. The van der Waals surface area contributed by atoms with Crippen LogP contribution < -0.4 is 4.90 Å². The fourth-order valence-corrected chi connectivity index (χ4v) is 2.95. The quantitative estimate of drug-likeness (QED) is 0.450. The van der Waals surface area contributed by atoms with Gasteiger partial charge in [-0.2, -0.15) is 5.26 Å². The number of para-hydroxylation sites is 1. The minimum atomic E-state index is -0.767. The van der Waals surface area contributed by atoms with Crippen LogP contribution in [0, 0.1) is 18.3 Å². The molecule has 0 atom stereocenters. The summed E-state index contributed by atoms with van der Waals surface area (Å²) in [4.78, 5) is 26.4. The first-order valence-corrected chi connectivity index (χ1v) is 9.01. The first-order valence-electron chi connectivity index (χ1n) is 8.63. The summed E-state index contributed by atoms with van der Waals surface area (Å²) in [5, 5.41) is 13.3. The van der Waals surface area contributed by atoms with Crippen LogP contribution in [0.1, 0.15) is 16.1 Å². The SMILES string of the molecule is Cc1onc(-c2ccccc2Cl)c1C(=O)OCC(=O)N(CC#N)c1ccccc1. The Morgan fingerprint density at radius 1 is 1.17 bits per heavy atom. The number of anilines is 1. The molecular formula is C21H16ClN3O4. The molecule has 0 N–H and O–H groups in total. The number of ether oxygens (including phenoxy) is 1. The van der Waals surface area contributed by atoms with Crippen LogP contribution in [0.4, 0.5) is 5.69 Å². The van der Waals surface area contributed by atoms with Gasteiger partial charge in [0, 0.05) is 11.3 Å². The summed E-state index contributed by atoms with van der Waals surface area (Å²) in [5.74, 6) is -1.05. The summed E-state index contributed by atoms with van der Waals surface area (Å²) in [6.45, 7) is 0.858. The highest BCUT2D eigenvalue weighted by atomic mass is 35.5. The van der Waals surface area contributed by atoms with Crippen molar-refractivity contribution in [1.82, 2.24) is 5.16 Å². The maximum atomic E-state index is 12.7. The summed E-state index contributed by atoms with van der Waals surface area (Å²) in [7, 11) is 0. The Labute approximate surface area is 172 Å². The van der Waals surface area contributed by atoms with Gasteiger partial charge in [0.2, 0.25) is 0 Å². The van der Waals surface area contributed by atoms with Crippen LogP contribution in [-0.2, 0) is 9.53 Å². The second-order valence-electron chi connectivity index (χ2n) is 5.99. The molecule has 0 saturated heterocycles. The van der Waals surface area contributed by atoms with E-state index < -0.39 is 18.5 Å². The Morgan fingerprint density at radius 3 is 2.55 bits per heavy atom. The molecule has 0 fully saturated rings. The molecule has 8 heteroatoms. The fraction of sp³-hybridized carbons (Fsp3) is 0.143. The number of rotatable bonds is 6. The topological polar surface area (TPSA) is 96.4 Å². The number of aryl methyl sites for hydroxylation is 1. The molecule has 1 aromatic heterocycles. The summed E-state index contributed by atoms with van der Waals surface area (Å²) >= 11 is 6.19. The zero-order valence-corrected chi connectivity index (χ0v) is 16.2. The third-order valence-corrected chi connectivity index (χ3v) is 4.45. The molecular weight excluding hydrogens is 394 g/mol. The predicted octanol–water partition coefficient (Wildman–Crippen LogP) is 4.02. The molecule has 3 rings (SSSR count). The lowest BCUT2D eigenvalue weighted by atomic mass is 10.1. The summed E-state index contributed by atoms with van der Waals surface area (Å²) in [5.41, 5.74) is 1.38. The van der Waals surface area contributed by atoms with Crippen molar-refractivity contribution in [2.24, 2.45) is 0 Å². The second-order valence-corrected chi connectivity index (χ2v) is 6.40. The van der Waals surface area contributed by atoms with Gasteiger partial charge >= 0.3 is 5.97 Å². The number of hydrogen-bond acceptors (Lipinski definition) is 6. The van der Waals surface area contributed by atoms with Gasteiger partial charge in [-0.25, -0.2) is 4.79 Å². The largest absolute Gasteiger partial charge is 0.452 e. The zero-order valence-electron chi connectivity index (χ0n) is 15.5. The molecule has 0 bridgehead atoms. The maximum absolute atomic E-state index is 12.7. The van der Waals surface area contributed by atoms with Crippen LogP contribution in [0.5, 0.6) is 0 Å². The predicted molar refractivity (Wildman–Crippen MR) is 106 cm³/mol. The molecule has 0 radical (unpaired) electrons. The highest BCUT2D eigenvalue weighted by molar-refractivity contribution is 6.33. The highest BCUT2D eigenvalue weighted by Gasteiger charge is 2.26. The van der Waals surface area contributed by atoms with E-state index in [2.05, 4.69) is 5.16 Å². The van der Waals surface area contributed by atoms with E-state index in [4.69, 9.17) is 26.1 Å². The van der Waals surface area contributed by atoms with Crippen LogP contribution >= 0.6 is 11.6 Å². The standard InChI is InChI=1S/C21H16ClN3O4/c1-14-19(20(24-29-14)16-9-5-6-10-17(16)22)21(27)28-13-18(26)25(12-11-23)15-7-3-2-4-8-15/h2-10H,12-13H2,1H3. The van der Waals surface area contributed by atoms with Crippen molar-refractivity contribution in [2.75, 3.05) is 18.1 Å². The van der Waals surface area contributed by atoms with Crippen LogP contribution in [0.15, 0.2) is 59.1 Å². The van der Waals surface area contributed by atoms with Gasteiger partial charge in [-0.15, -0.1) is 0 Å². The van der Waals surface area contributed by atoms with Gasteiger partial charge in [0.05, 0.1) is 11.1 Å². The van der Waals surface area contributed by atoms with E-state index in [9.17, 15) is 9.59 Å². The molecule has 2 aromatic carbocycles. The first kappa shape index (κ1) is 20.1. The molecule has 0 saturated carbocycles. The molecule has 29 heavy (non-hydrogen) atoms. The lowest BCUT2D eigenvalue weighted by Crippen LogP contribution is -2.35. The Kier molecular flexibility index (Phi) is 6.27. The van der Waals surface area contributed by atoms with Crippen molar-refractivity contribution in [3.05, 3.63) is 70.9 Å². The Balaban J connectivity index is 1.78. The van der Waals surface area contributed by atoms with Crippen LogP contribution in [-0.4, -0.2) is 30.2 Å². The number of amides is 1. The molecule has 0 aliphatic rings. The van der Waals surface area contributed by atoms with Gasteiger partial charge in [-0.3, -0.25) is 9.69 Å². The third kappa shape index (κ3) is 4.45. The van der Waals surface area contributed by atoms with Crippen molar-refractivity contribution in [3.8, 4) is 17.3 Å². The molecule has 1 amide bonds. The summed E-state index contributed by atoms with van der Waals surface area (Å²) < 4.78 is 10.3. The van der Waals surface area contributed by atoms with E-state index in [1.165, 1.54) is 4.90 Å². The van der Waals surface area contributed by atoms with E-state index in [0.717, 1.165) is 0 Å². The number of nitriles is 1. The second kappa shape index (κ2) is 9.04. The molecule has 0 aliphatic carbocycles. The number of carbonyl (C=O) groups is 2. The highest BCUT2D eigenvalue weighted by Crippen LogP contribution is 2.31. The smallest absolute Gasteiger partial charge is 0.344 e. The van der Waals surface area contributed by atoms with E-state index >= 15 is 0 Å². The third-order valence-electron chi connectivity index (χ3n) is 4.12. The fourth-order valence-electron chi connectivity index (χ4n) is 2.73. The number of esters is 1. The van der Waals surface area contributed by atoms with Crippen LogP contribution in [0.2, 0.25) is 5.02 Å². The number of carbonyl (C=O) groups excluding carboxylic acids is 2. The molecule has 0 unspecified atom stereocenters. The van der Waals surface area contributed by atoms with Gasteiger partial charge < -0.3 is 9.26 Å². The van der Waals surface area contributed by atoms with Crippen LogP contribution in [0.25, 0.3) is 11.3 Å². The van der Waals surface area contributed by atoms with Gasteiger partial charge in [0.1, 0.15) is 23.6 Å². The van der Waals surface area contributed by atoms with Gasteiger partial charge in [0.25, 0.3) is 5.91 Å². The molecule has 0 aliphatic heterocycles. The number of nitrogens with zero attached hydrogens (tertiary/aromatic N) is 3. The van der Waals surface area contributed by atoms with E-state index in [1.54, 1.807) is 61.5 Å². The minimum absolute atomic E-state index is 0.0949. The molecule has 146 valence electrons. The molecule has 7 nitrogen and oxygen atoms in total. The Bertz CT molecular complexity index is 1070. The van der Waals surface area contributed by atoms with Crippen LogP contribution in [0.3, 0.4) is 0 Å². The number of benzene rings is 2. The average Bonchev–Trinajstić information content (AvgIpc) is 3.12. The zero-order chi connectivity index (χ0) is 20.8. The molecule has 0 spiro atoms. The van der Waals surface area contributed by atoms with Gasteiger partial charge in [-0.05, 0) is 25.1 Å². The first-order chi connectivity index (χ1) is 14.0. The van der Waals surface area contributed by atoms with E-state index in [-0.39, 0.29) is 23.6 Å². The summed E-state index contributed by atoms with van der Waals surface area (Å²) in [6.07, 6.45) is 0. The Morgan fingerprint density at radius 2 is 1.86 bits per heavy atom. The van der Waals surface area contributed by atoms with Gasteiger partial charge in [0.15, 0.2) is 6.61 Å². The Hall–Kier alpha value is -3.63.